The average Bonchev–Trinajstić information content (AvgIpc) is 2.79. The lowest BCUT2D eigenvalue weighted by atomic mass is 9.98. The summed E-state index contributed by atoms with van der Waals surface area (Å²) in [4.78, 5) is 2.35. The summed E-state index contributed by atoms with van der Waals surface area (Å²) < 4.78 is 18.4. The number of likely N-dealkylation sites (tertiary alicyclic amines) is 1. The zero-order valence-corrected chi connectivity index (χ0v) is 10.7. The van der Waals surface area contributed by atoms with Gasteiger partial charge < -0.3 is 9.64 Å². The summed E-state index contributed by atoms with van der Waals surface area (Å²) in [7, 11) is 1.71. The van der Waals surface area contributed by atoms with E-state index in [2.05, 4.69) is 4.90 Å². The first-order valence-corrected chi connectivity index (χ1v) is 6.24. The standard InChI is InChI=1S/C13H17ClFNO/c1-17-7-6-16-5-4-11(9-16)10-2-3-12(14)13(15)8-10/h2-3,8,11H,4-7,9H2,1H3/t11-/m0/s1. The lowest BCUT2D eigenvalue weighted by molar-refractivity contribution is 0.160. The number of rotatable bonds is 4. The predicted molar refractivity (Wildman–Crippen MR) is 67.1 cm³/mol. The van der Waals surface area contributed by atoms with Crippen molar-refractivity contribution in [3.8, 4) is 0 Å². The van der Waals surface area contributed by atoms with Crippen LogP contribution in [0.25, 0.3) is 0 Å². The normalized spacial score (nSPS) is 21.0. The van der Waals surface area contributed by atoms with Gasteiger partial charge in [0.2, 0.25) is 0 Å². The Morgan fingerprint density at radius 3 is 3.06 bits per heavy atom. The summed E-state index contributed by atoms with van der Waals surface area (Å²) in [5.74, 6) is 0.0955. The number of methoxy groups -OCH3 is 1. The number of hydrogen-bond acceptors (Lipinski definition) is 2. The van der Waals surface area contributed by atoms with Gasteiger partial charge in [-0.25, -0.2) is 4.39 Å². The fourth-order valence-corrected chi connectivity index (χ4v) is 2.41. The van der Waals surface area contributed by atoms with Gasteiger partial charge in [0.25, 0.3) is 0 Å². The molecule has 0 amide bonds. The summed E-state index contributed by atoms with van der Waals surface area (Å²) in [5.41, 5.74) is 1.05. The lowest BCUT2D eigenvalue weighted by Crippen LogP contribution is -2.24. The van der Waals surface area contributed by atoms with E-state index in [-0.39, 0.29) is 10.8 Å². The van der Waals surface area contributed by atoms with Crippen molar-refractivity contribution in [2.75, 3.05) is 33.4 Å². The molecule has 0 radical (unpaired) electrons. The number of hydrogen-bond donors (Lipinski definition) is 0. The van der Waals surface area contributed by atoms with Crippen LogP contribution in [0, 0.1) is 5.82 Å². The van der Waals surface area contributed by atoms with Crippen LogP contribution < -0.4 is 0 Å². The maximum absolute atomic E-state index is 13.4. The molecule has 0 saturated carbocycles. The van der Waals surface area contributed by atoms with E-state index in [4.69, 9.17) is 16.3 Å². The van der Waals surface area contributed by atoms with Gasteiger partial charge in [0.05, 0.1) is 11.6 Å². The van der Waals surface area contributed by atoms with E-state index in [0.29, 0.717) is 5.92 Å². The minimum Gasteiger partial charge on any atom is -0.383 e. The van der Waals surface area contributed by atoms with Crippen LogP contribution >= 0.6 is 11.6 Å². The molecule has 0 aromatic heterocycles. The Balaban J connectivity index is 1.97. The van der Waals surface area contributed by atoms with Gasteiger partial charge in [0, 0.05) is 20.2 Å². The molecule has 0 spiro atoms. The highest BCUT2D eigenvalue weighted by Gasteiger charge is 2.23. The summed E-state index contributed by atoms with van der Waals surface area (Å²) in [5, 5.41) is 0.197. The van der Waals surface area contributed by atoms with Crippen molar-refractivity contribution < 1.29 is 9.13 Å². The third-order valence-electron chi connectivity index (χ3n) is 3.30. The first-order valence-electron chi connectivity index (χ1n) is 5.87. The molecule has 1 atom stereocenters. The van der Waals surface area contributed by atoms with Crippen LogP contribution in [0.1, 0.15) is 17.9 Å². The largest absolute Gasteiger partial charge is 0.383 e. The second-order valence-electron chi connectivity index (χ2n) is 4.45. The molecule has 1 heterocycles. The molecule has 0 N–H and O–H groups in total. The Hall–Kier alpha value is -0.640. The molecule has 0 unspecified atom stereocenters. The molecular weight excluding hydrogens is 241 g/mol. The van der Waals surface area contributed by atoms with E-state index in [1.807, 2.05) is 6.07 Å². The van der Waals surface area contributed by atoms with Gasteiger partial charge in [-0.15, -0.1) is 0 Å². The number of halogens is 2. The second-order valence-corrected chi connectivity index (χ2v) is 4.86. The van der Waals surface area contributed by atoms with Gasteiger partial charge in [-0.1, -0.05) is 17.7 Å². The maximum atomic E-state index is 13.4. The highest BCUT2D eigenvalue weighted by molar-refractivity contribution is 6.30. The van der Waals surface area contributed by atoms with Crippen molar-refractivity contribution in [2.24, 2.45) is 0 Å². The lowest BCUT2D eigenvalue weighted by Gasteiger charge is -2.15. The first kappa shape index (κ1) is 12.8. The van der Waals surface area contributed by atoms with Gasteiger partial charge in [-0.2, -0.15) is 0 Å². The second kappa shape index (κ2) is 5.80. The Morgan fingerprint density at radius 2 is 2.35 bits per heavy atom. The summed E-state index contributed by atoms with van der Waals surface area (Å²) in [6.07, 6.45) is 1.07. The number of benzene rings is 1. The smallest absolute Gasteiger partial charge is 0.142 e. The van der Waals surface area contributed by atoms with Gasteiger partial charge in [0.1, 0.15) is 5.82 Å². The van der Waals surface area contributed by atoms with E-state index in [0.717, 1.165) is 38.2 Å². The summed E-state index contributed by atoms with van der Waals surface area (Å²) in [6.45, 7) is 3.73. The maximum Gasteiger partial charge on any atom is 0.142 e. The first-order chi connectivity index (χ1) is 8.20. The SMILES string of the molecule is COCCN1CC[C@H](c2ccc(Cl)c(F)c2)C1. The molecule has 1 fully saturated rings. The third-order valence-corrected chi connectivity index (χ3v) is 3.61. The fourth-order valence-electron chi connectivity index (χ4n) is 2.29. The molecule has 2 rings (SSSR count). The minimum absolute atomic E-state index is 0.197. The van der Waals surface area contributed by atoms with Crippen LogP contribution in [0.5, 0.6) is 0 Å². The van der Waals surface area contributed by atoms with Crippen LogP contribution in [0.3, 0.4) is 0 Å². The molecule has 2 nitrogen and oxygen atoms in total. The molecule has 94 valence electrons. The Morgan fingerprint density at radius 1 is 1.53 bits per heavy atom. The van der Waals surface area contributed by atoms with Crippen LogP contribution in [0.15, 0.2) is 18.2 Å². The quantitative estimate of drug-likeness (QED) is 0.822. The molecule has 1 aromatic rings. The van der Waals surface area contributed by atoms with Gasteiger partial charge in [-0.3, -0.25) is 0 Å². The molecule has 17 heavy (non-hydrogen) atoms. The molecule has 1 aliphatic heterocycles. The van der Waals surface area contributed by atoms with Crippen LogP contribution in [-0.4, -0.2) is 38.3 Å². The molecule has 0 aliphatic carbocycles. The zero-order valence-electron chi connectivity index (χ0n) is 9.96. The van der Waals surface area contributed by atoms with Gasteiger partial charge in [-0.05, 0) is 36.6 Å². The van der Waals surface area contributed by atoms with E-state index < -0.39 is 0 Å². The van der Waals surface area contributed by atoms with Crippen molar-refractivity contribution in [3.63, 3.8) is 0 Å². The van der Waals surface area contributed by atoms with Crippen LogP contribution in [0.4, 0.5) is 4.39 Å². The highest BCUT2D eigenvalue weighted by atomic mass is 35.5. The Bertz CT molecular complexity index is 386. The minimum atomic E-state index is -0.320. The zero-order chi connectivity index (χ0) is 12.3. The molecule has 1 aromatic carbocycles. The van der Waals surface area contributed by atoms with Crippen molar-refractivity contribution in [2.45, 2.75) is 12.3 Å². The van der Waals surface area contributed by atoms with E-state index >= 15 is 0 Å². The van der Waals surface area contributed by atoms with E-state index in [1.54, 1.807) is 19.2 Å². The van der Waals surface area contributed by atoms with E-state index in [1.165, 1.54) is 0 Å². The Labute approximate surface area is 106 Å². The fraction of sp³-hybridized carbons (Fsp3) is 0.538. The molecular formula is C13H17ClFNO. The molecule has 0 bridgehead atoms. The summed E-state index contributed by atoms with van der Waals surface area (Å²) in [6, 6.07) is 5.13. The topological polar surface area (TPSA) is 12.5 Å². The summed E-state index contributed by atoms with van der Waals surface area (Å²) >= 11 is 5.68. The predicted octanol–water partition coefficient (Wildman–Crippen LogP) is 2.91. The van der Waals surface area contributed by atoms with Crippen molar-refractivity contribution in [3.05, 3.63) is 34.6 Å². The molecule has 1 saturated heterocycles. The van der Waals surface area contributed by atoms with Gasteiger partial charge in [0.15, 0.2) is 0 Å². The third kappa shape index (κ3) is 3.18. The van der Waals surface area contributed by atoms with Crippen molar-refractivity contribution in [1.29, 1.82) is 0 Å². The molecule has 1 aliphatic rings. The van der Waals surface area contributed by atoms with Crippen molar-refractivity contribution in [1.82, 2.24) is 4.90 Å². The average molecular weight is 258 g/mol. The van der Waals surface area contributed by atoms with Crippen LogP contribution in [0.2, 0.25) is 5.02 Å². The van der Waals surface area contributed by atoms with E-state index in [9.17, 15) is 4.39 Å². The molecule has 4 heteroatoms. The number of ether oxygens (including phenoxy) is 1. The van der Waals surface area contributed by atoms with Crippen LogP contribution in [-0.2, 0) is 4.74 Å². The van der Waals surface area contributed by atoms with Gasteiger partial charge >= 0.3 is 0 Å². The Kier molecular flexibility index (Phi) is 4.37. The van der Waals surface area contributed by atoms with Crippen molar-refractivity contribution >= 4 is 11.6 Å². The number of nitrogens with zero attached hydrogens (tertiary/aromatic N) is 1. The highest BCUT2D eigenvalue weighted by Crippen LogP contribution is 2.29. The monoisotopic (exact) mass is 257 g/mol.